The van der Waals surface area contributed by atoms with Gasteiger partial charge in [-0.3, -0.25) is 4.89 Å². The second kappa shape index (κ2) is 4.93. The van der Waals surface area contributed by atoms with Crippen molar-refractivity contribution in [3.8, 4) is 0 Å². The SMILES string of the molecule is CCCC(C)(C)OOC(=O)c1ncc[nH]1. The molecule has 0 saturated carbocycles. The fourth-order valence-corrected chi connectivity index (χ4v) is 1.21. The van der Waals surface area contributed by atoms with E-state index in [4.69, 9.17) is 4.89 Å². The highest BCUT2D eigenvalue weighted by Crippen LogP contribution is 2.17. The van der Waals surface area contributed by atoms with Crippen LogP contribution < -0.4 is 0 Å². The van der Waals surface area contributed by atoms with Crippen LogP contribution in [0.4, 0.5) is 0 Å². The van der Waals surface area contributed by atoms with Crippen LogP contribution >= 0.6 is 0 Å². The van der Waals surface area contributed by atoms with E-state index in [1.165, 1.54) is 6.20 Å². The van der Waals surface area contributed by atoms with Crippen LogP contribution in [0.15, 0.2) is 12.4 Å². The third kappa shape index (κ3) is 3.71. The molecule has 1 heterocycles. The Kier molecular flexibility index (Phi) is 3.85. The zero-order valence-corrected chi connectivity index (χ0v) is 9.24. The average molecular weight is 212 g/mol. The first-order chi connectivity index (χ1) is 7.05. The molecule has 0 spiro atoms. The lowest BCUT2D eigenvalue weighted by Crippen LogP contribution is -2.26. The molecule has 0 saturated heterocycles. The number of H-pyrrole nitrogens is 1. The predicted octanol–water partition coefficient (Wildman–Crippen LogP) is 2.08. The minimum absolute atomic E-state index is 0.141. The molecule has 5 heteroatoms. The Hall–Kier alpha value is -1.36. The number of imidazole rings is 1. The fraction of sp³-hybridized carbons (Fsp3) is 0.600. The number of aromatic amines is 1. The third-order valence-corrected chi connectivity index (χ3v) is 1.89. The molecule has 84 valence electrons. The largest absolute Gasteiger partial charge is 0.408 e. The standard InChI is InChI=1S/C10H16N2O3/c1-4-5-10(2,3)15-14-9(13)8-11-6-7-12-8/h6-7H,4-5H2,1-3H3,(H,11,12). The molecule has 1 aromatic rings. The van der Waals surface area contributed by atoms with E-state index >= 15 is 0 Å². The second-order valence-electron chi connectivity index (χ2n) is 3.90. The summed E-state index contributed by atoms with van der Waals surface area (Å²) in [4.78, 5) is 27.4. The van der Waals surface area contributed by atoms with Gasteiger partial charge in [0, 0.05) is 12.4 Å². The van der Waals surface area contributed by atoms with Gasteiger partial charge in [0.15, 0.2) is 0 Å². The first-order valence-corrected chi connectivity index (χ1v) is 4.94. The third-order valence-electron chi connectivity index (χ3n) is 1.89. The van der Waals surface area contributed by atoms with Crippen LogP contribution in [0.1, 0.15) is 44.2 Å². The Morgan fingerprint density at radius 2 is 2.33 bits per heavy atom. The first kappa shape index (κ1) is 11.7. The smallest absolute Gasteiger partial charge is 0.339 e. The maximum Gasteiger partial charge on any atom is 0.408 e. The number of hydrogen-bond acceptors (Lipinski definition) is 4. The Labute approximate surface area is 88.7 Å². The normalized spacial score (nSPS) is 11.4. The van der Waals surface area contributed by atoms with Crippen LogP contribution in [0, 0.1) is 0 Å². The summed E-state index contributed by atoms with van der Waals surface area (Å²) in [6.07, 6.45) is 4.81. The van der Waals surface area contributed by atoms with Gasteiger partial charge in [-0.05, 0) is 20.3 Å². The molecule has 0 unspecified atom stereocenters. The van der Waals surface area contributed by atoms with Crippen LogP contribution in [-0.4, -0.2) is 21.5 Å². The summed E-state index contributed by atoms with van der Waals surface area (Å²) < 4.78 is 0. The number of nitrogens with one attached hydrogen (secondary N) is 1. The number of carbonyl (C=O) groups is 1. The van der Waals surface area contributed by atoms with Crippen molar-refractivity contribution in [2.45, 2.75) is 39.2 Å². The topological polar surface area (TPSA) is 64.2 Å². The molecular weight excluding hydrogens is 196 g/mol. The van der Waals surface area contributed by atoms with Gasteiger partial charge >= 0.3 is 5.97 Å². The van der Waals surface area contributed by atoms with Gasteiger partial charge in [-0.15, -0.1) is 0 Å². The van der Waals surface area contributed by atoms with E-state index in [-0.39, 0.29) is 5.82 Å². The van der Waals surface area contributed by atoms with Gasteiger partial charge < -0.3 is 4.98 Å². The summed E-state index contributed by atoms with van der Waals surface area (Å²) >= 11 is 0. The minimum Gasteiger partial charge on any atom is -0.339 e. The van der Waals surface area contributed by atoms with Crippen LogP contribution in [0.5, 0.6) is 0 Å². The minimum atomic E-state index is -0.607. The number of carbonyl (C=O) groups excluding carboxylic acids is 1. The summed E-state index contributed by atoms with van der Waals surface area (Å²) in [7, 11) is 0. The lowest BCUT2D eigenvalue weighted by Gasteiger charge is -2.21. The number of aromatic nitrogens is 2. The fourth-order valence-electron chi connectivity index (χ4n) is 1.21. The van der Waals surface area contributed by atoms with Crippen molar-refractivity contribution in [1.82, 2.24) is 9.97 Å². The molecule has 0 aliphatic heterocycles. The predicted molar refractivity (Wildman–Crippen MR) is 54.1 cm³/mol. The van der Waals surface area contributed by atoms with Crippen LogP contribution in [0.3, 0.4) is 0 Å². The van der Waals surface area contributed by atoms with Gasteiger partial charge in [-0.25, -0.2) is 9.78 Å². The Morgan fingerprint density at radius 1 is 1.60 bits per heavy atom. The average Bonchev–Trinajstić information content (AvgIpc) is 2.67. The van der Waals surface area contributed by atoms with Crippen molar-refractivity contribution in [1.29, 1.82) is 0 Å². The Bertz CT molecular complexity index is 306. The van der Waals surface area contributed by atoms with Crippen molar-refractivity contribution in [2.75, 3.05) is 0 Å². The zero-order chi connectivity index (χ0) is 11.3. The lowest BCUT2D eigenvalue weighted by molar-refractivity contribution is -0.308. The van der Waals surface area contributed by atoms with Crippen molar-refractivity contribution in [2.24, 2.45) is 0 Å². The van der Waals surface area contributed by atoms with Crippen LogP contribution in [0.25, 0.3) is 0 Å². The monoisotopic (exact) mass is 212 g/mol. The molecule has 1 N–H and O–H groups in total. The van der Waals surface area contributed by atoms with E-state index in [2.05, 4.69) is 14.9 Å². The Morgan fingerprint density at radius 3 is 2.87 bits per heavy atom. The van der Waals surface area contributed by atoms with E-state index < -0.39 is 11.6 Å². The zero-order valence-electron chi connectivity index (χ0n) is 9.24. The molecule has 0 radical (unpaired) electrons. The maximum atomic E-state index is 11.3. The highest BCUT2D eigenvalue weighted by molar-refractivity contribution is 5.84. The second-order valence-corrected chi connectivity index (χ2v) is 3.90. The van der Waals surface area contributed by atoms with Crippen molar-refractivity contribution in [3.05, 3.63) is 18.2 Å². The van der Waals surface area contributed by atoms with E-state index in [0.717, 1.165) is 12.8 Å². The van der Waals surface area contributed by atoms with Crippen LogP contribution in [0.2, 0.25) is 0 Å². The molecule has 0 bridgehead atoms. The van der Waals surface area contributed by atoms with Gasteiger partial charge in [0.2, 0.25) is 5.82 Å². The Balaban J connectivity index is 2.40. The summed E-state index contributed by atoms with van der Waals surface area (Å²) in [5.74, 6) is -0.466. The van der Waals surface area contributed by atoms with Gasteiger partial charge in [-0.2, -0.15) is 4.89 Å². The molecular formula is C10H16N2O3. The molecule has 1 aromatic heterocycles. The summed E-state index contributed by atoms with van der Waals surface area (Å²) in [5, 5.41) is 0. The quantitative estimate of drug-likeness (QED) is 0.599. The molecule has 0 aliphatic carbocycles. The van der Waals surface area contributed by atoms with Gasteiger partial charge in [0.05, 0.1) is 0 Å². The van der Waals surface area contributed by atoms with E-state index in [0.29, 0.717) is 0 Å². The van der Waals surface area contributed by atoms with E-state index in [1.54, 1.807) is 6.20 Å². The highest BCUT2D eigenvalue weighted by atomic mass is 17.2. The maximum absolute atomic E-state index is 11.3. The molecule has 0 atom stereocenters. The number of rotatable bonds is 5. The number of hydrogen-bond donors (Lipinski definition) is 1. The molecule has 1 rings (SSSR count). The van der Waals surface area contributed by atoms with E-state index in [1.807, 2.05) is 20.8 Å². The number of nitrogens with zero attached hydrogens (tertiary/aromatic N) is 1. The molecule has 0 fully saturated rings. The van der Waals surface area contributed by atoms with Gasteiger partial charge in [-0.1, -0.05) is 13.3 Å². The first-order valence-electron chi connectivity index (χ1n) is 4.94. The summed E-state index contributed by atoms with van der Waals surface area (Å²) in [6.45, 7) is 5.78. The van der Waals surface area contributed by atoms with Crippen LogP contribution in [-0.2, 0) is 9.78 Å². The summed E-state index contributed by atoms with van der Waals surface area (Å²) in [6, 6.07) is 0. The van der Waals surface area contributed by atoms with Crippen molar-refractivity contribution >= 4 is 5.97 Å². The molecule has 0 aromatic carbocycles. The summed E-state index contributed by atoms with van der Waals surface area (Å²) in [5.41, 5.74) is -0.461. The molecule has 0 amide bonds. The lowest BCUT2D eigenvalue weighted by atomic mass is 10.0. The van der Waals surface area contributed by atoms with Crippen molar-refractivity contribution in [3.63, 3.8) is 0 Å². The van der Waals surface area contributed by atoms with Gasteiger partial charge in [0.25, 0.3) is 0 Å². The molecule has 5 nitrogen and oxygen atoms in total. The van der Waals surface area contributed by atoms with E-state index in [9.17, 15) is 4.79 Å². The van der Waals surface area contributed by atoms with Gasteiger partial charge in [0.1, 0.15) is 5.60 Å². The molecule has 15 heavy (non-hydrogen) atoms. The highest BCUT2D eigenvalue weighted by Gasteiger charge is 2.22. The molecule has 0 aliphatic rings. The van der Waals surface area contributed by atoms with Crippen molar-refractivity contribution < 1.29 is 14.6 Å².